The molecule has 7 heteroatoms. The Morgan fingerprint density at radius 3 is 2.46 bits per heavy atom. The molecule has 0 heterocycles. The molecule has 28 heavy (non-hydrogen) atoms. The number of methoxy groups -OCH3 is 1. The van der Waals surface area contributed by atoms with Gasteiger partial charge in [-0.2, -0.15) is 0 Å². The smallest absolute Gasteiger partial charge is 0.268 e. The minimum atomic E-state index is -4.00. The molecular formula is C21H28N2O4S. The number of hydrogen-bond acceptors (Lipinski definition) is 4. The lowest BCUT2D eigenvalue weighted by atomic mass is 10.2. The Labute approximate surface area is 167 Å². The summed E-state index contributed by atoms with van der Waals surface area (Å²) in [5.74, 6) is -0.0926. The van der Waals surface area contributed by atoms with Gasteiger partial charge in [0.25, 0.3) is 10.0 Å². The molecule has 6 nitrogen and oxygen atoms in total. The second-order valence-electron chi connectivity index (χ2n) is 6.56. The molecule has 0 atom stereocenters. The number of hydrogen-bond donors (Lipinski definition) is 1. The van der Waals surface area contributed by atoms with E-state index in [9.17, 15) is 13.2 Å². The number of nitrogens with one attached hydrogen (secondary N) is 1. The zero-order chi connectivity index (χ0) is 20.6. The first-order valence-electron chi connectivity index (χ1n) is 9.39. The molecule has 0 aliphatic carbocycles. The van der Waals surface area contributed by atoms with Crippen LogP contribution in [-0.4, -0.2) is 34.5 Å². The molecule has 0 bridgehead atoms. The van der Waals surface area contributed by atoms with Crippen LogP contribution < -0.4 is 14.4 Å². The highest BCUT2D eigenvalue weighted by Gasteiger charge is 2.30. The molecule has 0 saturated heterocycles. The average molecular weight is 405 g/mol. The van der Waals surface area contributed by atoms with Gasteiger partial charge in [0.2, 0.25) is 5.91 Å². The summed E-state index contributed by atoms with van der Waals surface area (Å²) in [6, 6.07) is 13.6. The Morgan fingerprint density at radius 2 is 1.82 bits per heavy atom. The lowest BCUT2D eigenvalue weighted by molar-refractivity contribution is -0.119. The van der Waals surface area contributed by atoms with Crippen LogP contribution in [0.15, 0.2) is 53.4 Å². The number of rotatable bonds is 10. The number of ether oxygens (including phenoxy) is 1. The van der Waals surface area contributed by atoms with E-state index >= 15 is 0 Å². The minimum absolute atomic E-state index is 0.0395. The molecule has 1 N–H and O–H groups in total. The predicted molar refractivity (Wildman–Crippen MR) is 111 cm³/mol. The van der Waals surface area contributed by atoms with Crippen molar-refractivity contribution in [1.82, 2.24) is 5.32 Å². The van der Waals surface area contributed by atoms with E-state index in [1.54, 1.807) is 48.5 Å². The summed E-state index contributed by atoms with van der Waals surface area (Å²) in [6.45, 7) is 4.13. The van der Waals surface area contributed by atoms with Gasteiger partial charge in [0.15, 0.2) is 0 Å². The first kappa shape index (κ1) is 21.8. The molecule has 0 spiro atoms. The Kier molecular flexibility index (Phi) is 7.87. The minimum Gasteiger partial charge on any atom is -0.495 e. The van der Waals surface area contributed by atoms with E-state index in [4.69, 9.17) is 4.74 Å². The number of carbonyl (C=O) groups excluding carboxylic acids is 1. The lowest BCUT2D eigenvalue weighted by Crippen LogP contribution is -2.41. The molecule has 2 rings (SSSR count). The standard InChI is InChI=1S/C21H28N2O4S/c1-4-5-9-14-22-21(24)16-23(18-10-7-6-8-11-18)28(25,26)20-15-17(2)12-13-19(20)27-3/h6-8,10-13,15H,4-5,9,14,16H2,1-3H3,(H,22,24). The van der Waals surface area contributed by atoms with Crippen molar-refractivity contribution in [2.75, 3.05) is 24.5 Å². The summed E-state index contributed by atoms with van der Waals surface area (Å²) in [7, 11) is -2.57. The van der Waals surface area contributed by atoms with Gasteiger partial charge in [0.05, 0.1) is 12.8 Å². The number of unbranched alkanes of at least 4 members (excludes halogenated alkanes) is 2. The highest BCUT2D eigenvalue weighted by atomic mass is 32.2. The Balaban J connectivity index is 2.36. The third-order valence-electron chi connectivity index (χ3n) is 4.32. The summed E-state index contributed by atoms with van der Waals surface area (Å²) in [5, 5.41) is 2.80. The fourth-order valence-corrected chi connectivity index (χ4v) is 4.47. The number of anilines is 1. The van der Waals surface area contributed by atoms with Crippen molar-refractivity contribution in [2.24, 2.45) is 0 Å². The van der Waals surface area contributed by atoms with E-state index in [1.807, 2.05) is 6.92 Å². The average Bonchev–Trinajstić information content (AvgIpc) is 2.70. The maximum Gasteiger partial charge on any atom is 0.268 e. The monoisotopic (exact) mass is 404 g/mol. The van der Waals surface area contributed by atoms with Gasteiger partial charge in [0, 0.05) is 6.54 Å². The van der Waals surface area contributed by atoms with Gasteiger partial charge < -0.3 is 10.1 Å². The molecule has 0 aliphatic heterocycles. The molecule has 152 valence electrons. The quantitative estimate of drug-likeness (QED) is 0.615. The fraction of sp³-hybridized carbons (Fsp3) is 0.381. The van der Waals surface area contributed by atoms with Crippen LogP contribution in [0.5, 0.6) is 5.75 Å². The number of sulfonamides is 1. The topological polar surface area (TPSA) is 75.7 Å². The van der Waals surface area contributed by atoms with Crippen LogP contribution in [0.25, 0.3) is 0 Å². The van der Waals surface area contributed by atoms with E-state index in [1.165, 1.54) is 7.11 Å². The summed E-state index contributed by atoms with van der Waals surface area (Å²) in [5.41, 5.74) is 1.21. The highest BCUT2D eigenvalue weighted by molar-refractivity contribution is 7.93. The highest BCUT2D eigenvalue weighted by Crippen LogP contribution is 2.30. The van der Waals surface area contributed by atoms with Gasteiger partial charge >= 0.3 is 0 Å². The number of nitrogens with zero attached hydrogens (tertiary/aromatic N) is 1. The number of amides is 1. The Morgan fingerprint density at radius 1 is 1.11 bits per heavy atom. The summed E-state index contributed by atoms with van der Waals surface area (Å²) < 4.78 is 33.3. The number of benzene rings is 2. The van der Waals surface area contributed by atoms with E-state index in [-0.39, 0.29) is 23.1 Å². The molecule has 2 aromatic rings. The Hall–Kier alpha value is -2.54. The van der Waals surface area contributed by atoms with Gasteiger partial charge in [0.1, 0.15) is 17.2 Å². The third kappa shape index (κ3) is 5.48. The summed E-state index contributed by atoms with van der Waals surface area (Å²) in [6.07, 6.45) is 2.93. The molecule has 0 aliphatic rings. The van der Waals surface area contributed by atoms with Crippen molar-refractivity contribution < 1.29 is 17.9 Å². The first-order chi connectivity index (χ1) is 13.4. The van der Waals surface area contributed by atoms with Crippen molar-refractivity contribution in [3.8, 4) is 5.75 Å². The van der Waals surface area contributed by atoms with Crippen LogP contribution in [0.1, 0.15) is 31.7 Å². The SMILES string of the molecule is CCCCCNC(=O)CN(c1ccccc1)S(=O)(=O)c1cc(C)ccc1OC. The van der Waals surface area contributed by atoms with Gasteiger partial charge in [-0.1, -0.05) is 44.0 Å². The van der Waals surface area contributed by atoms with Gasteiger partial charge in [-0.05, 0) is 43.2 Å². The first-order valence-corrected chi connectivity index (χ1v) is 10.8. The predicted octanol–water partition coefficient (Wildman–Crippen LogP) is 3.51. The zero-order valence-electron chi connectivity index (χ0n) is 16.6. The lowest BCUT2D eigenvalue weighted by Gasteiger charge is -2.25. The van der Waals surface area contributed by atoms with Crippen molar-refractivity contribution in [3.05, 3.63) is 54.1 Å². The van der Waals surface area contributed by atoms with E-state index < -0.39 is 10.0 Å². The molecule has 0 radical (unpaired) electrons. The molecule has 2 aromatic carbocycles. The van der Waals surface area contributed by atoms with E-state index in [0.717, 1.165) is 29.1 Å². The normalized spacial score (nSPS) is 11.1. The summed E-state index contributed by atoms with van der Waals surface area (Å²) in [4.78, 5) is 12.5. The van der Waals surface area contributed by atoms with Crippen LogP contribution in [-0.2, 0) is 14.8 Å². The van der Waals surface area contributed by atoms with Gasteiger partial charge in [-0.25, -0.2) is 8.42 Å². The van der Waals surface area contributed by atoms with E-state index in [0.29, 0.717) is 12.2 Å². The largest absolute Gasteiger partial charge is 0.495 e. The van der Waals surface area contributed by atoms with Crippen LogP contribution >= 0.6 is 0 Å². The van der Waals surface area contributed by atoms with Crippen LogP contribution in [0.4, 0.5) is 5.69 Å². The van der Waals surface area contributed by atoms with Gasteiger partial charge in [-0.3, -0.25) is 9.10 Å². The van der Waals surface area contributed by atoms with Crippen LogP contribution in [0.3, 0.4) is 0 Å². The van der Waals surface area contributed by atoms with Crippen molar-refractivity contribution in [1.29, 1.82) is 0 Å². The van der Waals surface area contributed by atoms with Crippen LogP contribution in [0.2, 0.25) is 0 Å². The van der Waals surface area contributed by atoms with Crippen molar-refractivity contribution in [3.63, 3.8) is 0 Å². The second kappa shape index (κ2) is 10.1. The van der Waals surface area contributed by atoms with E-state index in [2.05, 4.69) is 12.2 Å². The Bertz CT molecular complexity index is 883. The number of aryl methyl sites for hydroxylation is 1. The molecular weight excluding hydrogens is 376 g/mol. The molecule has 1 amide bonds. The number of carbonyl (C=O) groups is 1. The summed E-state index contributed by atoms with van der Waals surface area (Å²) >= 11 is 0. The molecule has 0 unspecified atom stereocenters. The van der Waals surface area contributed by atoms with Crippen LogP contribution in [0, 0.1) is 6.92 Å². The molecule has 0 saturated carbocycles. The van der Waals surface area contributed by atoms with Crippen molar-refractivity contribution in [2.45, 2.75) is 38.0 Å². The maximum atomic E-state index is 13.4. The fourth-order valence-electron chi connectivity index (χ4n) is 2.80. The third-order valence-corrected chi connectivity index (χ3v) is 6.12. The molecule has 0 fully saturated rings. The number of para-hydroxylation sites is 1. The van der Waals surface area contributed by atoms with Crippen molar-refractivity contribution >= 4 is 21.6 Å². The molecule has 0 aromatic heterocycles. The zero-order valence-corrected chi connectivity index (χ0v) is 17.5. The maximum absolute atomic E-state index is 13.4. The second-order valence-corrected chi connectivity index (χ2v) is 8.39. The van der Waals surface area contributed by atoms with Gasteiger partial charge in [-0.15, -0.1) is 0 Å².